The normalized spacial score (nSPS) is 12.2. The summed E-state index contributed by atoms with van der Waals surface area (Å²) in [7, 11) is -1.97. The topological polar surface area (TPSA) is 86.8 Å². The van der Waals surface area contributed by atoms with Gasteiger partial charge in [0.2, 0.25) is 21.8 Å². The Morgan fingerprint density at radius 1 is 1.09 bits per heavy atom. The van der Waals surface area contributed by atoms with Crippen LogP contribution in [-0.4, -0.2) is 51.0 Å². The molecule has 2 rings (SSSR count). The molecule has 0 saturated heterocycles. The zero-order valence-electron chi connectivity index (χ0n) is 19.5. The Bertz CT molecular complexity index is 1060. The summed E-state index contributed by atoms with van der Waals surface area (Å²) in [5, 5.41) is 2.59. The molecule has 0 unspecified atom stereocenters. The van der Waals surface area contributed by atoms with Crippen LogP contribution in [0.4, 0.5) is 5.69 Å². The van der Waals surface area contributed by atoms with Gasteiger partial charge in [-0.1, -0.05) is 47.1 Å². The summed E-state index contributed by atoms with van der Waals surface area (Å²) in [5.41, 5.74) is 2.59. The zero-order chi connectivity index (χ0) is 24.6. The van der Waals surface area contributed by atoms with Crippen LogP contribution in [0, 0.1) is 0 Å². The number of aryl methyl sites for hydroxylation is 1. The molecule has 0 aromatic heterocycles. The summed E-state index contributed by atoms with van der Waals surface area (Å²) in [6.07, 6.45) is 2.48. The fourth-order valence-electron chi connectivity index (χ4n) is 3.53. The summed E-state index contributed by atoms with van der Waals surface area (Å²) in [6, 6.07) is 14.3. The lowest BCUT2D eigenvalue weighted by Gasteiger charge is -2.29. The number of nitrogens with zero attached hydrogens (tertiary/aromatic N) is 2. The smallest absolute Gasteiger partial charge is 0.242 e. The third-order valence-corrected chi connectivity index (χ3v) is 7.13. The highest BCUT2D eigenvalue weighted by Crippen LogP contribution is 2.20. The number of halogens is 1. The Labute approximate surface area is 205 Å². The molecule has 2 aromatic carbocycles. The van der Waals surface area contributed by atoms with E-state index < -0.39 is 16.1 Å². The monoisotopic (exact) mass is 537 g/mol. The third-order valence-electron chi connectivity index (χ3n) is 5.44. The molecule has 0 fully saturated rings. The first-order chi connectivity index (χ1) is 15.6. The van der Waals surface area contributed by atoms with Crippen LogP contribution in [0.3, 0.4) is 0 Å². The minimum absolute atomic E-state index is 0.119. The van der Waals surface area contributed by atoms with E-state index in [4.69, 9.17) is 0 Å². The van der Waals surface area contributed by atoms with E-state index in [0.29, 0.717) is 12.1 Å². The van der Waals surface area contributed by atoms with E-state index in [2.05, 4.69) is 21.2 Å². The molecule has 180 valence electrons. The first kappa shape index (κ1) is 26.9. The lowest BCUT2D eigenvalue weighted by molar-refractivity contribution is -0.140. The van der Waals surface area contributed by atoms with Crippen molar-refractivity contribution in [3.63, 3.8) is 0 Å². The Kier molecular flexibility index (Phi) is 9.91. The van der Waals surface area contributed by atoms with Crippen molar-refractivity contribution in [2.75, 3.05) is 24.2 Å². The average molecular weight is 539 g/mol. The standard InChI is InChI=1S/C24H32BrN3O4S/c1-5-19-11-13-22(14-12-19)28(33(4,31)32)15-7-10-23(29)27(18(2)24(30)26-3)17-20-8-6-9-21(25)16-20/h6,8-9,11-14,16,18H,5,7,10,15,17H2,1-4H3,(H,26,30)/t18-/m0/s1. The second-order valence-electron chi connectivity index (χ2n) is 7.90. The van der Waals surface area contributed by atoms with E-state index in [1.165, 1.54) is 16.3 Å². The van der Waals surface area contributed by atoms with E-state index in [1.807, 2.05) is 43.3 Å². The number of likely N-dealkylation sites (N-methyl/N-ethyl adjacent to an activating group) is 1. The highest BCUT2D eigenvalue weighted by atomic mass is 79.9. The number of anilines is 1. The van der Waals surface area contributed by atoms with Gasteiger partial charge in [0, 0.05) is 31.0 Å². The van der Waals surface area contributed by atoms with Crippen LogP contribution in [0.25, 0.3) is 0 Å². The van der Waals surface area contributed by atoms with Gasteiger partial charge in [-0.2, -0.15) is 0 Å². The number of hydrogen-bond acceptors (Lipinski definition) is 4. The summed E-state index contributed by atoms with van der Waals surface area (Å²) < 4.78 is 27.0. The maximum absolute atomic E-state index is 13.1. The van der Waals surface area contributed by atoms with Gasteiger partial charge in [-0.05, 0) is 55.2 Å². The molecule has 0 aliphatic carbocycles. The average Bonchev–Trinajstić information content (AvgIpc) is 2.78. The van der Waals surface area contributed by atoms with Crippen molar-refractivity contribution in [2.45, 2.75) is 45.7 Å². The molecule has 9 heteroatoms. The number of amides is 2. The highest BCUT2D eigenvalue weighted by molar-refractivity contribution is 9.10. The van der Waals surface area contributed by atoms with Crippen molar-refractivity contribution in [1.29, 1.82) is 0 Å². The van der Waals surface area contributed by atoms with Gasteiger partial charge in [0.25, 0.3) is 0 Å². The third kappa shape index (κ3) is 7.85. The molecule has 1 atom stereocenters. The number of benzene rings is 2. The lowest BCUT2D eigenvalue weighted by Crippen LogP contribution is -2.46. The first-order valence-corrected chi connectivity index (χ1v) is 13.5. The molecular formula is C24H32BrN3O4S. The molecule has 33 heavy (non-hydrogen) atoms. The van der Waals surface area contributed by atoms with Gasteiger partial charge >= 0.3 is 0 Å². The molecule has 0 bridgehead atoms. The summed E-state index contributed by atoms with van der Waals surface area (Å²) in [5.74, 6) is -0.465. The number of hydrogen-bond donors (Lipinski definition) is 1. The Morgan fingerprint density at radius 2 is 1.76 bits per heavy atom. The van der Waals surface area contributed by atoms with E-state index in [-0.39, 0.29) is 31.3 Å². The molecule has 1 N–H and O–H groups in total. The molecular weight excluding hydrogens is 506 g/mol. The van der Waals surface area contributed by atoms with Crippen LogP contribution in [0.2, 0.25) is 0 Å². The fourth-order valence-corrected chi connectivity index (χ4v) is 4.94. The summed E-state index contributed by atoms with van der Waals surface area (Å²) in [4.78, 5) is 26.9. The Balaban J connectivity index is 2.13. The molecule has 0 saturated carbocycles. The largest absolute Gasteiger partial charge is 0.357 e. The lowest BCUT2D eigenvalue weighted by atomic mass is 10.1. The van der Waals surface area contributed by atoms with E-state index >= 15 is 0 Å². The number of carbonyl (C=O) groups is 2. The van der Waals surface area contributed by atoms with E-state index in [1.54, 1.807) is 19.1 Å². The van der Waals surface area contributed by atoms with Crippen LogP contribution < -0.4 is 9.62 Å². The van der Waals surface area contributed by atoms with Crippen molar-refractivity contribution >= 4 is 43.5 Å². The SMILES string of the molecule is CCc1ccc(N(CCCC(=O)N(Cc2cccc(Br)c2)[C@@H](C)C(=O)NC)S(C)(=O)=O)cc1. The van der Waals surface area contributed by atoms with Crippen molar-refractivity contribution < 1.29 is 18.0 Å². The predicted octanol–water partition coefficient (Wildman–Crippen LogP) is 3.72. The van der Waals surface area contributed by atoms with Gasteiger partial charge < -0.3 is 10.2 Å². The van der Waals surface area contributed by atoms with Crippen molar-refractivity contribution in [2.24, 2.45) is 0 Å². The highest BCUT2D eigenvalue weighted by Gasteiger charge is 2.26. The summed E-state index contributed by atoms with van der Waals surface area (Å²) in [6.45, 7) is 4.18. The van der Waals surface area contributed by atoms with Crippen LogP contribution in [0.15, 0.2) is 53.0 Å². The first-order valence-electron chi connectivity index (χ1n) is 10.9. The van der Waals surface area contributed by atoms with Crippen LogP contribution >= 0.6 is 15.9 Å². The van der Waals surface area contributed by atoms with Crippen LogP contribution in [-0.2, 0) is 32.6 Å². The van der Waals surface area contributed by atoms with Crippen LogP contribution in [0.1, 0.15) is 37.8 Å². The van der Waals surface area contributed by atoms with Gasteiger partial charge in [-0.25, -0.2) is 8.42 Å². The van der Waals surface area contributed by atoms with Gasteiger partial charge in [-0.15, -0.1) is 0 Å². The Morgan fingerprint density at radius 3 is 2.30 bits per heavy atom. The number of sulfonamides is 1. The van der Waals surface area contributed by atoms with Gasteiger partial charge in [0.15, 0.2) is 0 Å². The maximum atomic E-state index is 13.1. The molecule has 7 nitrogen and oxygen atoms in total. The van der Waals surface area contributed by atoms with Crippen molar-refractivity contribution in [3.05, 3.63) is 64.1 Å². The predicted molar refractivity (Wildman–Crippen MR) is 135 cm³/mol. The number of nitrogens with one attached hydrogen (secondary N) is 1. The molecule has 0 aliphatic heterocycles. The molecule has 0 aliphatic rings. The van der Waals surface area contributed by atoms with E-state index in [9.17, 15) is 18.0 Å². The van der Waals surface area contributed by atoms with Crippen molar-refractivity contribution in [1.82, 2.24) is 10.2 Å². The minimum atomic E-state index is -3.50. The zero-order valence-corrected chi connectivity index (χ0v) is 21.9. The molecule has 0 radical (unpaired) electrons. The second-order valence-corrected chi connectivity index (χ2v) is 10.7. The van der Waals surface area contributed by atoms with Gasteiger partial charge in [-0.3, -0.25) is 13.9 Å². The quantitative estimate of drug-likeness (QED) is 0.473. The summed E-state index contributed by atoms with van der Waals surface area (Å²) >= 11 is 3.43. The van der Waals surface area contributed by atoms with Gasteiger partial charge in [0.05, 0.1) is 11.9 Å². The minimum Gasteiger partial charge on any atom is -0.357 e. The van der Waals surface area contributed by atoms with Gasteiger partial charge in [0.1, 0.15) is 6.04 Å². The Hall–Kier alpha value is -2.39. The second kappa shape index (κ2) is 12.2. The molecule has 2 aromatic rings. The maximum Gasteiger partial charge on any atom is 0.242 e. The number of rotatable bonds is 11. The molecule has 0 spiro atoms. The number of carbonyl (C=O) groups excluding carboxylic acids is 2. The molecule has 2 amide bonds. The molecule has 0 heterocycles. The van der Waals surface area contributed by atoms with Crippen LogP contribution in [0.5, 0.6) is 0 Å². The van der Waals surface area contributed by atoms with Crippen molar-refractivity contribution in [3.8, 4) is 0 Å². The fraction of sp³-hybridized carbons (Fsp3) is 0.417. The van der Waals surface area contributed by atoms with E-state index in [0.717, 1.165) is 28.3 Å².